The predicted molar refractivity (Wildman–Crippen MR) is 69.2 cm³/mol. The number of anilines is 1. The summed E-state index contributed by atoms with van der Waals surface area (Å²) in [6.07, 6.45) is 0.244. The largest absolute Gasteiger partial charge is 0.478 e. The van der Waals surface area contributed by atoms with Crippen LogP contribution in [0.3, 0.4) is 0 Å². The van der Waals surface area contributed by atoms with Crippen molar-refractivity contribution in [3.8, 4) is 0 Å². The molecule has 0 aromatic carbocycles. The van der Waals surface area contributed by atoms with E-state index in [4.69, 9.17) is 4.74 Å². The molecular formula is C13H16N2O5. The molecule has 7 nitrogen and oxygen atoms in total. The van der Waals surface area contributed by atoms with Gasteiger partial charge in [0, 0.05) is 18.2 Å². The Bertz CT molecular complexity index is 566. The number of pyridine rings is 1. The van der Waals surface area contributed by atoms with Crippen molar-refractivity contribution < 1.29 is 24.5 Å². The molecule has 1 aliphatic rings. The Labute approximate surface area is 115 Å². The van der Waals surface area contributed by atoms with Crippen molar-refractivity contribution in [2.24, 2.45) is 0 Å². The van der Waals surface area contributed by atoms with E-state index in [0.717, 1.165) is 0 Å². The SMILES string of the molecule is CC(C)(C)OC(=O)N1c2ncccc2CC1(O)C(=O)O. The standard InChI is InChI=1S/C13H16N2O5/c1-12(2,3)20-11(18)15-9-8(5-4-6-14-9)7-13(15,19)10(16)17/h4-6,19H,7H2,1-3H3,(H,16,17). The van der Waals surface area contributed by atoms with Gasteiger partial charge in [0.2, 0.25) is 0 Å². The summed E-state index contributed by atoms with van der Waals surface area (Å²) in [6.45, 7) is 4.96. The third-order valence-electron chi connectivity index (χ3n) is 2.80. The Hall–Kier alpha value is -2.15. The molecule has 20 heavy (non-hydrogen) atoms. The number of carboxylic acids is 1. The van der Waals surface area contributed by atoms with Gasteiger partial charge in [0.15, 0.2) is 0 Å². The fraction of sp³-hybridized carbons (Fsp3) is 0.462. The fourth-order valence-electron chi connectivity index (χ4n) is 2.01. The molecule has 0 aliphatic carbocycles. The maximum Gasteiger partial charge on any atom is 0.418 e. The average Bonchev–Trinajstić information content (AvgIpc) is 2.60. The number of amides is 1. The molecule has 0 saturated carbocycles. The van der Waals surface area contributed by atoms with Crippen LogP contribution < -0.4 is 4.90 Å². The number of carboxylic acid groups (broad SMARTS) is 1. The number of nitrogens with zero attached hydrogens (tertiary/aromatic N) is 2. The quantitative estimate of drug-likeness (QED) is 0.800. The lowest BCUT2D eigenvalue weighted by atomic mass is 10.1. The topological polar surface area (TPSA) is 100.0 Å². The summed E-state index contributed by atoms with van der Waals surface area (Å²) in [4.78, 5) is 28.2. The van der Waals surface area contributed by atoms with E-state index in [2.05, 4.69) is 4.98 Å². The highest BCUT2D eigenvalue weighted by Gasteiger charge is 2.54. The van der Waals surface area contributed by atoms with E-state index in [1.807, 2.05) is 0 Å². The van der Waals surface area contributed by atoms with Crippen LogP contribution in [0.4, 0.5) is 10.6 Å². The molecule has 0 saturated heterocycles. The molecule has 108 valence electrons. The zero-order valence-corrected chi connectivity index (χ0v) is 11.5. The van der Waals surface area contributed by atoms with Crippen LogP contribution >= 0.6 is 0 Å². The molecule has 0 bridgehead atoms. The second-order valence-electron chi connectivity index (χ2n) is 5.60. The molecule has 1 unspecified atom stereocenters. The van der Waals surface area contributed by atoms with E-state index in [1.165, 1.54) is 6.20 Å². The first-order valence-corrected chi connectivity index (χ1v) is 6.08. The summed E-state index contributed by atoms with van der Waals surface area (Å²) in [5.41, 5.74) is -2.71. The molecule has 0 spiro atoms. The normalized spacial score (nSPS) is 21.5. The highest BCUT2D eigenvalue weighted by molar-refractivity contribution is 5.99. The van der Waals surface area contributed by atoms with Crippen LogP contribution in [0.1, 0.15) is 26.3 Å². The maximum absolute atomic E-state index is 12.2. The third-order valence-corrected chi connectivity index (χ3v) is 2.80. The van der Waals surface area contributed by atoms with Crippen molar-refractivity contribution in [1.82, 2.24) is 4.98 Å². The lowest BCUT2D eigenvalue weighted by Crippen LogP contribution is -2.57. The fourth-order valence-corrected chi connectivity index (χ4v) is 2.01. The van der Waals surface area contributed by atoms with Gasteiger partial charge in [0.1, 0.15) is 11.4 Å². The second kappa shape index (κ2) is 4.45. The van der Waals surface area contributed by atoms with Crippen LogP contribution in [0.25, 0.3) is 0 Å². The number of rotatable bonds is 1. The Morgan fingerprint density at radius 3 is 2.65 bits per heavy atom. The van der Waals surface area contributed by atoms with Gasteiger partial charge in [-0.2, -0.15) is 0 Å². The average molecular weight is 280 g/mol. The molecule has 2 heterocycles. The number of aromatic nitrogens is 1. The Kier molecular flexibility index (Phi) is 3.17. The lowest BCUT2D eigenvalue weighted by Gasteiger charge is -2.31. The number of carbonyl (C=O) groups is 2. The molecule has 1 amide bonds. The molecule has 0 radical (unpaired) electrons. The minimum absolute atomic E-state index is 0.103. The Morgan fingerprint density at radius 1 is 1.45 bits per heavy atom. The van der Waals surface area contributed by atoms with Gasteiger partial charge in [-0.25, -0.2) is 19.5 Å². The summed E-state index contributed by atoms with van der Waals surface area (Å²) in [6, 6.07) is 3.22. The number of hydrogen-bond acceptors (Lipinski definition) is 5. The first-order valence-electron chi connectivity index (χ1n) is 6.08. The van der Waals surface area contributed by atoms with Crippen molar-refractivity contribution >= 4 is 17.9 Å². The summed E-state index contributed by atoms with van der Waals surface area (Å²) in [7, 11) is 0. The predicted octanol–water partition coefficient (Wildman–Crippen LogP) is 1.15. The number of aliphatic hydroxyl groups is 1. The molecule has 1 aliphatic heterocycles. The summed E-state index contributed by atoms with van der Waals surface area (Å²) in [5, 5.41) is 19.5. The minimum atomic E-state index is -2.38. The van der Waals surface area contributed by atoms with E-state index in [1.54, 1.807) is 32.9 Å². The van der Waals surface area contributed by atoms with Crippen LogP contribution in [0.2, 0.25) is 0 Å². The van der Waals surface area contributed by atoms with Crippen LogP contribution in [0.5, 0.6) is 0 Å². The number of carbonyl (C=O) groups excluding carboxylic acids is 1. The third kappa shape index (κ3) is 2.32. The van der Waals surface area contributed by atoms with Crippen LogP contribution in [0.15, 0.2) is 18.3 Å². The first-order chi connectivity index (χ1) is 9.15. The van der Waals surface area contributed by atoms with E-state index in [0.29, 0.717) is 10.5 Å². The molecule has 1 aromatic rings. The number of hydrogen-bond donors (Lipinski definition) is 2. The van der Waals surface area contributed by atoms with E-state index in [-0.39, 0.29) is 12.2 Å². The summed E-state index contributed by atoms with van der Waals surface area (Å²) < 4.78 is 5.15. The van der Waals surface area contributed by atoms with E-state index >= 15 is 0 Å². The van der Waals surface area contributed by atoms with Crippen LogP contribution in [-0.2, 0) is 16.0 Å². The van der Waals surface area contributed by atoms with Gasteiger partial charge in [-0.1, -0.05) is 6.07 Å². The Morgan fingerprint density at radius 2 is 2.10 bits per heavy atom. The maximum atomic E-state index is 12.2. The smallest absolute Gasteiger partial charge is 0.418 e. The molecule has 2 rings (SSSR count). The van der Waals surface area contributed by atoms with Crippen molar-refractivity contribution in [1.29, 1.82) is 0 Å². The number of fused-ring (bicyclic) bond motifs is 1. The van der Waals surface area contributed by atoms with E-state index in [9.17, 15) is 19.8 Å². The van der Waals surface area contributed by atoms with Gasteiger partial charge < -0.3 is 14.9 Å². The van der Waals surface area contributed by atoms with Gasteiger partial charge in [0.25, 0.3) is 5.72 Å². The van der Waals surface area contributed by atoms with Gasteiger partial charge in [-0.3, -0.25) is 0 Å². The van der Waals surface area contributed by atoms with E-state index < -0.39 is 23.4 Å². The molecule has 2 N–H and O–H groups in total. The first kappa shape index (κ1) is 14.3. The highest BCUT2D eigenvalue weighted by Crippen LogP contribution is 2.37. The van der Waals surface area contributed by atoms with Crippen LogP contribution in [-0.4, -0.2) is 38.6 Å². The van der Waals surface area contributed by atoms with Gasteiger partial charge >= 0.3 is 12.1 Å². The van der Waals surface area contributed by atoms with Crippen molar-refractivity contribution in [2.45, 2.75) is 38.5 Å². The summed E-state index contributed by atoms with van der Waals surface area (Å²) in [5.74, 6) is -1.42. The van der Waals surface area contributed by atoms with Gasteiger partial charge in [0.05, 0.1) is 0 Å². The Balaban J connectivity index is 2.45. The zero-order valence-electron chi connectivity index (χ0n) is 11.5. The van der Waals surface area contributed by atoms with Crippen molar-refractivity contribution in [2.75, 3.05) is 4.90 Å². The van der Waals surface area contributed by atoms with Gasteiger partial charge in [-0.15, -0.1) is 0 Å². The molecule has 1 atom stereocenters. The monoisotopic (exact) mass is 280 g/mol. The molecule has 1 aromatic heterocycles. The molecule has 0 fully saturated rings. The summed E-state index contributed by atoms with van der Waals surface area (Å²) >= 11 is 0. The molecular weight excluding hydrogens is 264 g/mol. The second-order valence-corrected chi connectivity index (χ2v) is 5.60. The lowest BCUT2D eigenvalue weighted by molar-refractivity contribution is -0.157. The number of aliphatic carboxylic acids is 1. The van der Waals surface area contributed by atoms with Crippen molar-refractivity contribution in [3.63, 3.8) is 0 Å². The zero-order chi connectivity index (χ0) is 15.1. The van der Waals surface area contributed by atoms with Gasteiger partial charge in [-0.05, 0) is 26.8 Å². The number of ether oxygens (including phenoxy) is 1. The minimum Gasteiger partial charge on any atom is -0.478 e. The molecule has 7 heteroatoms. The highest BCUT2D eigenvalue weighted by atomic mass is 16.6. The van der Waals surface area contributed by atoms with Crippen LogP contribution in [0, 0.1) is 0 Å². The van der Waals surface area contributed by atoms with Crippen molar-refractivity contribution in [3.05, 3.63) is 23.9 Å².